The summed E-state index contributed by atoms with van der Waals surface area (Å²) in [6, 6.07) is 10.3. The summed E-state index contributed by atoms with van der Waals surface area (Å²) in [4.78, 5) is 22.1. The van der Waals surface area contributed by atoms with Crippen LogP contribution in [0.1, 0.15) is 18.5 Å². The maximum Gasteiger partial charge on any atom is 0.318 e. The van der Waals surface area contributed by atoms with Crippen LogP contribution in [0.3, 0.4) is 0 Å². The first-order valence-electron chi connectivity index (χ1n) is 6.48. The predicted octanol–water partition coefficient (Wildman–Crippen LogP) is 1.43. The largest absolute Gasteiger partial charge is 0.483 e. The van der Waals surface area contributed by atoms with Crippen molar-refractivity contribution in [3.05, 3.63) is 42.0 Å². The van der Waals surface area contributed by atoms with Gasteiger partial charge in [0.1, 0.15) is 5.75 Å². The lowest BCUT2D eigenvalue weighted by Crippen LogP contribution is -2.38. The zero-order chi connectivity index (χ0) is 15.4. The van der Waals surface area contributed by atoms with Crippen molar-refractivity contribution in [2.24, 2.45) is 11.5 Å². The van der Waals surface area contributed by atoms with E-state index < -0.39 is 11.9 Å². The Morgan fingerprint density at radius 1 is 1.24 bits per heavy atom. The summed E-state index contributed by atoms with van der Waals surface area (Å²) in [6.07, 6.45) is 0. The molecule has 2 aromatic rings. The number of carbonyl (C=O) groups is 2. The smallest absolute Gasteiger partial charge is 0.318 e. The van der Waals surface area contributed by atoms with Crippen LogP contribution in [0.15, 0.2) is 36.4 Å². The summed E-state index contributed by atoms with van der Waals surface area (Å²) in [5.41, 5.74) is 11.6. The molecule has 0 radical (unpaired) electrons. The molecule has 21 heavy (non-hydrogen) atoms. The Kier molecular flexibility index (Phi) is 4.39. The zero-order valence-corrected chi connectivity index (χ0v) is 11.6. The molecule has 6 nitrogen and oxygen atoms in total. The van der Waals surface area contributed by atoms with Crippen LogP contribution in [0.4, 0.5) is 4.79 Å². The van der Waals surface area contributed by atoms with Gasteiger partial charge in [-0.2, -0.15) is 0 Å². The first kappa shape index (κ1) is 14.8. The molecular weight excluding hydrogens is 270 g/mol. The van der Waals surface area contributed by atoms with Crippen LogP contribution < -0.4 is 21.5 Å². The van der Waals surface area contributed by atoms with Crippen LogP contribution >= 0.6 is 0 Å². The molecule has 0 saturated carbocycles. The molecule has 0 aliphatic rings. The number of fused-ring (bicyclic) bond motifs is 1. The first-order valence-corrected chi connectivity index (χ1v) is 6.48. The van der Waals surface area contributed by atoms with E-state index in [1.54, 1.807) is 0 Å². The van der Waals surface area contributed by atoms with E-state index in [1.165, 1.54) is 0 Å². The molecule has 0 fully saturated rings. The number of carbonyl (C=O) groups excluding carboxylic acids is 2. The van der Waals surface area contributed by atoms with Gasteiger partial charge in [0.05, 0.1) is 0 Å². The highest BCUT2D eigenvalue weighted by Gasteiger charge is 2.14. The second-order valence-corrected chi connectivity index (χ2v) is 4.69. The Labute approximate surface area is 122 Å². The maximum atomic E-state index is 11.5. The van der Waals surface area contributed by atoms with Crippen LogP contribution in [0.25, 0.3) is 10.8 Å². The van der Waals surface area contributed by atoms with Crippen LogP contribution in [-0.2, 0) is 4.79 Å². The molecule has 3 amide bonds. The van der Waals surface area contributed by atoms with Crippen molar-refractivity contribution >= 4 is 22.7 Å². The molecule has 0 aliphatic heterocycles. The minimum absolute atomic E-state index is 0.246. The van der Waals surface area contributed by atoms with E-state index in [9.17, 15) is 9.59 Å². The van der Waals surface area contributed by atoms with Gasteiger partial charge >= 0.3 is 6.03 Å². The summed E-state index contributed by atoms with van der Waals surface area (Å²) < 4.78 is 5.57. The lowest BCUT2D eigenvalue weighted by atomic mass is 10.0. The van der Waals surface area contributed by atoms with E-state index in [0.717, 1.165) is 16.3 Å². The number of imide groups is 1. The van der Waals surface area contributed by atoms with Crippen LogP contribution in [0.5, 0.6) is 5.75 Å². The van der Waals surface area contributed by atoms with Gasteiger partial charge < -0.3 is 16.2 Å². The van der Waals surface area contributed by atoms with Crippen LogP contribution in [0.2, 0.25) is 0 Å². The van der Waals surface area contributed by atoms with Crippen molar-refractivity contribution < 1.29 is 14.3 Å². The maximum absolute atomic E-state index is 11.5. The third-order valence-electron chi connectivity index (χ3n) is 3.01. The molecule has 1 atom stereocenters. The predicted molar refractivity (Wildman–Crippen MR) is 79.8 cm³/mol. The van der Waals surface area contributed by atoms with E-state index in [2.05, 4.69) is 0 Å². The number of hydrogen-bond donors (Lipinski definition) is 3. The Morgan fingerprint density at radius 2 is 1.95 bits per heavy atom. The molecule has 0 spiro atoms. The van der Waals surface area contributed by atoms with E-state index in [-0.39, 0.29) is 12.6 Å². The summed E-state index contributed by atoms with van der Waals surface area (Å²) >= 11 is 0. The van der Waals surface area contributed by atoms with Crippen LogP contribution in [-0.4, -0.2) is 18.5 Å². The Bertz CT molecular complexity index is 683. The molecule has 0 aliphatic carbocycles. The topological polar surface area (TPSA) is 107 Å². The first-order chi connectivity index (χ1) is 9.99. The summed E-state index contributed by atoms with van der Waals surface area (Å²) in [7, 11) is 0. The number of nitrogens with two attached hydrogens (primary N) is 2. The third-order valence-corrected chi connectivity index (χ3v) is 3.01. The molecule has 2 rings (SSSR count). The van der Waals surface area contributed by atoms with E-state index >= 15 is 0 Å². The molecule has 110 valence electrons. The fourth-order valence-corrected chi connectivity index (χ4v) is 2.09. The van der Waals surface area contributed by atoms with Gasteiger partial charge in [-0.25, -0.2) is 4.79 Å². The third kappa shape index (κ3) is 3.49. The monoisotopic (exact) mass is 287 g/mol. The van der Waals surface area contributed by atoms with Crippen molar-refractivity contribution in [2.75, 3.05) is 6.61 Å². The van der Waals surface area contributed by atoms with Crippen molar-refractivity contribution in [3.8, 4) is 5.75 Å². The molecule has 0 bridgehead atoms. The summed E-state index contributed by atoms with van der Waals surface area (Å²) in [5.74, 6) is -0.0613. The normalized spacial score (nSPS) is 11.9. The van der Waals surface area contributed by atoms with E-state index in [1.807, 2.05) is 48.6 Å². The van der Waals surface area contributed by atoms with Gasteiger partial charge in [0.15, 0.2) is 6.61 Å². The van der Waals surface area contributed by atoms with Gasteiger partial charge in [-0.15, -0.1) is 0 Å². The van der Waals surface area contributed by atoms with Gasteiger partial charge in [0.25, 0.3) is 5.91 Å². The molecule has 0 heterocycles. The average Bonchev–Trinajstić information content (AvgIpc) is 2.43. The van der Waals surface area contributed by atoms with Crippen molar-refractivity contribution in [2.45, 2.75) is 13.0 Å². The SMILES string of the molecule is CC(N)c1ccc2ccccc2c1OCC(=O)NC(N)=O. The lowest BCUT2D eigenvalue weighted by Gasteiger charge is -2.16. The number of rotatable bonds is 4. The Morgan fingerprint density at radius 3 is 2.62 bits per heavy atom. The van der Waals surface area contributed by atoms with E-state index in [4.69, 9.17) is 16.2 Å². The minimum atomic E-state index is -0.908. The number of nitrogens with one attached hydrogen (secondary N) is 1. The lowest BCUT2D eigenvalue weighted by molar-refractivity contribution is -0.121. The molecule has 6 heteroatoms. The highest BCUT2D eigenvalue weighted by Crippen LogP contribution is 2.32. The standard InChI is InChI=1S/C15H17N3O3/c1-9(16)11-7-6-10-4-2-3-5-12(10)14(11)21-8-13(19)18-15(17)20/h2-7,9H,8,16H2,1H3,(H3,17,18,19,20). The van der Waals surface area contributed by atoms with Gasteiger partial charge in [-0.1, -0.05) is 36.4 Å². The average molecular weight is 287 g/mol. The number of primary amides is 1. The van der Waals surface area contributed by atoms with Gasteiger partial charge in [0.2, 0.25) is 0 Å². The van der Waals surface area contributed by atoms with Gasteiger partial charge in [-0.05, 0) is 12.3 Å². The van der Waals surface area contributed by atoms with E-state index in [0.29, 0.717) is 5.75 Å². The Balaban J connectivity index is 2.33. The second kappa shape index (κ2) is 6.23. The van der Waals surface area contributed by atoms with Gasteiger partial charge in [0, 0.05) is 17.0 Å². The zero-order valence-electron chi connectivity index (χ0n) is 11.6. The fraction of sp³-hybridized carbons (Fsp3) is 0.200. The van der Waals surface area contributed by atoms with Crippen LogP contribution in [0, 0.1) is 0 Å². The minimum Gasteiger partial charge on any atom is -0.483 e. The highest BCUT2D eigenvalue weighted by atomic mass is 16.5. The molecular formula is C15H17N3O3. The fourth-order valence-electron chi connectivity index (χ4n) is 2.09. The number of hydrogen-bond acceptors (Lipinski definition) is 4. The number of urea groups is 1. The van der Waals surface area contributed by atoms with Gasteiger partial charge in [-0.3, -0.25) is 10.1 Å². The Hall–Kier alpha value is -2.60. The highest BCUT2D eigenvalue weighted by molar-refractivity contribution is 5.95. The van der Waals surface area contributed by atoms with Crippen molar-refractivity contribution in [3.63, 3.8) is 0 Å². The second-order valence-electron chi connectivity index (χ2n) is 4.69. The number of amides is 3. The number of ether oxygens (including phenoxy) is 1. The molecule has 1 unspecified atom stereocenters. The summed E-state index contributed by atoms with van der Waals surface area (Å²) in [6.45, 7) is 1.52. The number of benzene rings is 2. The van der Waals surface area contributed by atoms with Crippen molar-refractivity contribution in [1.82, 2.24) is 5.32 Å². The molecule has 2 aromatic carbocycles. The molecule has 0 aromatic heterocycles. The molecule has 5 N–H and O–H groups in total. The quantitative estimate of drug-likeness (QED) is 0.790. The van der Waals surface area contributed by atoms with Crippen molar-refractivity contribution in [1.29, 1.82) is 0 Å². The molecule has 0 saturated heterocycles. The summed E-state index contributed by atoms with van der Waals surface area (Å²) in [5, 5.41) is 3.79.